The Kier molecular flexibility index (Phi) is 2.69. The van der Waals surface area contributed by atoms with Crippen LogP contribution >= 0.6 is 0 Å². The predicted octanol–water partition coefficient (Wildman–Crippen LogP) is -0.798. The van der Waals surface area contributed by atoms with Gasteiger partial charge in [0.25, 0.3) is 0 Å². The molecule has 4 N–H and O–H groups in total. The average molecular weight is 171 g/mol. The van der Waals surface area contributed by atoms with Crippen molar-refractivity contribution in [3.63, 3.8) is 0 Å². The fraction of sp³-hybridized carbons (Fsp3) is 0.875. The highest BCUT2D eigenvalue weighted by Gasteiger charge is 2.25. The molecule has 1 amide bonds. The molecule has 0 aromatic carbocycles. The molecule has 0 radical (unpaired) electrons. The summed E-state index contributed by atoms with van der Waals surface area (Å²) in [4.78, 5) is 11.2. The molecule has 0 aromatic heterocycles. The zero-order chi connectivity index (χ0) is 9.19. The molecular weight excluding hydrogens is 154 g/mol. The van der Waals surface area contributed by atoms with Crippen LogP contribution in [0.2, 0.25) is 0 Å². The Bertz CT molecular complexity index is 170. The Morgan fingerprint density at radius 1 is 1.75 bits per heavy atom. The highest BCUT2D eigenvalue weighted by atomic mass is 16.2. The van der Waals surface area contributed by atoms with Crippen LogP contribution < -0.4 is 16.4 Å². The first kappa shape index (κ1) is 9.48. The van der Waals surface area contributed by atoms with E-state index in [2.05, 4.69) is 10.6 Å². The van der Waals surface area contributed by atoms with E-state index < -0.39 is 0 Å². The highest BCUT2D eigenvalue weighted by Crippen LogP contribution is 2.01. The molecule has 1 aliphatic rings. The predicted molar refractivity (Wildman–Crippen MR) is 47.7 cm³/mol. The van der Waals surface area contributed by atoms with E-state index in [0.29, 0.717) is 6.54 Å². The van der Waals surface area contributed by atoms with E-state index in [0.717, 1.165) is 13.0 Å². The Hall–Kier alpha value is -0.610. The van der Waals surface area contributed by atoms with Gasteiger partial charge in [-0.1, -0.05) is 0 Å². The largest absolute Gasteiger partial charge is 0.353 e. The van der Waals surface area contributed by atoms with Crippen molar-refractivity contribution in [1.82, 2.24) is 10.6 Å². The van der Waals surface area contributed by atoms with Crippen molar-refractivity contribution < 1.29 is 4.79 Å². The van der Waals surface area contributed by atoms with Crippen LogP contribution in [0, 0.1) is 0 Å². The van der Waals surface area contributed by atoms with E-state index in [9.17, 15) is 4.79 Å². The Balaban J connectivity index is 2.18. The van der Waals surface area contributed by atoms with Gasteiger partial charge in [0.2, 0.25) is 5.91 Å². The summed E-state index contributed by atoms with van der Waals surface area (Å²) in [7, 11) is 0. The molecule has 1 heterocycles. The number of amides is 1. The molecule has 4 nitrogen and oxygen atoms in total. The van der Waals surface area contributed by atoms with E-state index in [1.165, 1.54) is 0 Å². The summed E-state index contributed by atoms with van der Waals surface area (Å²) in [5.74, 6) is 0.0692. The topological polar surface area (TPSA) is 67.1 Å². The summed E-state index contributed by atoms with van der Waals surface area (Å²) in [5, 5.41) is 5.83. The second-order valence-electron chi connectivity index (χ2n) is 4.00. The molecule has 0 unspecified atom stereocenters. The number of hydrogen-bond donors (Lipinski definition) is 3. The van der Waals surface area contributed by atoms with E-state index >= 15 is 0 Å². The van der Waals surface area contributed by atoms with E-state index in [4.69, 9.17) is 5.73 Å². The molecule has 0 aliphatic carbocycles. The van der Waals surface area contributed by atoms with Crippen LogP contribution in [0.25, 0.3) is 0 Å². The van der Waals surface area contributed by atoms with Crippen molar-refractivity contribution in [1.29, 1.82) is 0 Å². The maximum atomic E-state index is 11.2. The quantitative estimate of drug-likeness (QED) is 0.521. The molecule has 1 saturated heterocycles. The van der Waals surface area contributed by atoms with Crippen molar-refractivity contribution >= 4 is 5.91 Å². The molecule has 1 rings (SSSR count). The van der Waals surface area contributed by atoms with E-state index in [-0.39, 0.29) is 17.5 Å². The van der Waals surface area contributed by atoms with Gasteiger partial charge in [-0.3, -0.25) is 4.79 Å². The smallest absolute Gasteiger partial charge is 0.237 e. The van der Waals surface area contributed by atoms with Crippen LogP contribution in [-0.2, 0) is 4.79 Å². The molecule has 1 aliphatic heterocycles. The fourth-order valence-corrected chi connectivity index (χ4v) is 0.951. The van der Waals surface area contributed by atoms with Crippen molar-refractivity contribution in [3.05, 3.63) is 0 Å². The summed E-state index contributed by atoms with van der Waals surface area (Å²) in [6.07, 6.45) is 0.941. The lowest BCUT2D eigenvalue weighted by atomic mass is 10.0. The molecule has 12 heavy (non-hydrogen) atoms. The van der Waals surface area contributed by atoms with Crippen molar-refractivity contribution in [2.24, 2.45) is 5.73 Å². The Morgan fingerprint density at radius 2 is 2.33 bits per heavy atom. The molecule has 0 spiro atoms. The standard InChI is InChI=1S/C8H17N3O/c1-8(2,9)5-11-7(12)6-3-4-10-6/h6,10H,3-5,9H2,1-2H3,(H,11,12)/t6-/m1/s1. The number of rotatable bonds is 3. The van der Waals surface area contributed by atoms with Gasteiger partial charge < -0.3 is 16.4 Å². The van der Waals surface area contributed by atoms with Crippen LogP contribution in [0.4, 0.5) is 0 Å². The molecule has 1 fully saturated rings. The van der Waals surface area contributed by atoms with Crippen molar-refractivity contribution in [2.45, 2.75) is 31.8 Å². The SMILES string of the molecule is CC(C)(N)CNC(=O)[C@H]1CCN1. The van der Waals surface area contributed by atoms with Crippen molar-refractivity contribution in [2.75, 3.05) is 13.1 Å². The van der Waals surface area contributed by atoms with Gasteiger partial charge in [0.15, 0.2) is 0 Å². The third kappa shape index (κ3) is 2.79. The number of nitrogens with two attached hydrogens (primary N) is 1. The van der Waals surface area contributed by atoms with Gasteiger partial charge >= 0.3 is 0 Å². The minimum atomic E-state index is -0.320. The third-order valence-corrected chi connectivity index (χ3v) is 1.86. The first-order chi connectivity index (χ1) is 5.49. The zero-order valence-corrected chi connectivity index (χ0v) is 7.68. The summed E-state index contributed by atoms with van der Waals surface area (Å²) in [5.41, 5.74) is 5.39. The second kappa shape index (κ2) is 3.41. The van der Waals surface area contributed by atoms with Crippen molar-refractivity contribution in [3.8, 4) is 0 Å². The second-order valence-corrected chi connectivity index (χ2v) is 4.00. The minimum absolute atomic E-state index is 0.0207. The Labute approximate surface area is 72.9 Å². The summed E-state index contributed by atoms with van der Waals surface area (Å²) >= 11 is 0. The lowest BCUT2D eigenvalue weighted by Crippen LogP contribution is -2.56. The highest BCUT2D eigenvalue weighted by molar-refractivity contribution is 5.82. The van der Waals surface area contributed by atoms with E-state index in [1.807, 2.05) is 13.8 Å². The van der Waals surface area contributed by atoms with Gasteiger partial charge in [-0.25, -0.2) is 0 Å². The fourth-order valence-electron chi connectivity index (χ4n) is 0.951. The lowest BCUT2D eigenvalue weighted by Gasteiger charge is -2.28. The molecule has 0 saturated carbocycles. The van der Waals surface area contributed by atoms with Gasteiger partial charge in [-0.05, 0) is 26.8 Å². The van der Waals surface area contributed by atoms with E-state index in [1.54, 1.807) is 0 Å². The maximum Gasteiger partial charge on any atom is 0.237 e. The van der Waals surface area contributed by atoms with Gasteiger partial charge in [0.1, 0.15) is 0 Å². The summed E-state index contributed by atoms with van der Waals surface area (Å²) < 4.78 is 0. The first-order valence-electron chi connectivity index (χ1n) is 4.29. The van der Waals surface area contributed by atoms with Crippen LogP contribution in [0.5, 0.6) is 0 Å². The van der Waals surface area contributed by atoms with Gasteiger partial charge in [-0.15, -0.1) is 0 Å². The van der Waals surface area contributed by atoms with Gasteiger partial charge in [-0.2, -0.15) is 0 Å². The molecule has 1 atom stereocenters. The zero-order valence-electron chi connectivity index (χ0n) is 7.68. The first-order valence-corrected chi connectivity index (χ1v) is 4.29. The minimum Gasteiger partial charge on any atom is -0.353 e. The number of nitrogens with one attached hydrogen (secondary N) is 2. The molecule has 0 bridgehead atoms. The number of carbonyl (C=O) groups is 1. The maximum absolute atomic E-state index is 11.2. The lowest BCUT2D eigenvalue weighted by molar-refractivity contribution is -0.124. The third-order valence-electron chi connectivity index (χ3n) is 1.86. The van der Waals surface area contributed by atoms with Crippen LogP contribution in [0.1, 0.15) is 20.3 Å². The molecule has 0 aromatic rings. The van der Waals surface area contributed by atoms with Gasteiger partial charge in [0.05, 0.1) is 6.04 Å². The molecular formula is C8H17N3O. The number of carbonyl (C=O) groups excluding carboxylic acids is 1. The molecule has 4 heteroatoms. The van der Waals surface area contributed by atoms with Crippen LogP contribution in [-0.4, -0.2) is 30.6 Å². The van der Waals surface area contributed by atoms with Gasteiger partial charge in [0, 0.05) is 12.1 Å². The Morgan fingerprint density at radius 3 is 2.67 bits per heavy atom. The normalized spacial score (nSPS) is 23.1. The summed E-state index contributed by atoms with van der Waals surface area (Å²) in [6, 6.07) is 0.0207. The molecule has 70 valence electrons. The van der Waals surface area contributed by atoms with Crippen LogP contribution in [0.15, 0.2) is 0 Å². The summed E-state index contributed by atoms with van der Waals surface area (Å²) in [6.45, 7) is 5.26. The monoisotopic (exact) mass is 171 g/mol. The van der Waals surface area contributed by atoms with Crippen LogP contribution in [0.3, 0.4) is 0 Å². The average Bonchev–Trinajstić information content (AvgIpc) is 1.78. The number of hydrogen-bond acceptors (Lipinski definition) is 3.